The van der Waals surface area contributed by atoms with Crippen LogP contribution >= 0.6 is 0 Å². The summed E-state index contributed by atoms with van der Waals surface area (Å²) < 4.78 is 5.28. The lowest BCUT2D eigenvalue weighted by atomic mass is 9.91. The number of rotatable bonds is 4. The van der Waals surface area contributed by atoms with Crippen LogP contribution in [0.1, 0.15) is 63.8 Å². The van der Waals surface area contributed by atoms with E-state index in [0.717, 1.165) is 31.2 Å². The third kappa shape index (κ3) is 6.21. The number of amides is 1. The molecule has 0 bridgehead atoms. The lowest BCUT2D eigenvalue weighted by Crippen LogP contribution is -2.44. The first-order chi connectivity index (χ1) is 11.6. The predicted molar refractivity (Wildman–Crippen MR) is 96.4 cm³/mol. The fourth-order valence-corrected chi connectivity index (χ4v) is 3.08. The molecule has 0 aliphatic heterocycles. The van der Waals surface area contributed by atoms with Crippen molar-refractivity contribution in [2.45, 2.75) is 77.3 Å². The van der Waals surface area contributed by atoms with E-state index in [1.165, 1.54) is 0 Å². The van der Waals surface area contributed by atoms with Gasteiger partial charge >= 0.3 is 6.09 Å². The van der Waals surface area contributed by atoms with E-state index in [0.29, 0.717) is 5.56 Å². The van der Waals surface area contributed by atoms with Crippen molar-refractivity contribution in [3.05, 3.63) is 29.3 Å². The second-order valence-corrected chi connectivity index (χ2v) is 7.83. The molecule has 1 unspecified atom stereocenters. The topological polar surface area (TPSA) is 90.8 Å². The van der Waals surface area contributed by atoms with Gasteiger partial charge in [0.15, 0.2) is 0 Å². The Morgan fingerprint density at radius 3 is 2.36 bits per heavy atom. The number of carbonyl (C=O) groups is 1. The van der Waals surface area contributed by atoms with Crippen LogP contribution in [0.4, 0.5) is 4.79 Å². The van der Waals surface area contributed by atoms with Crippen LogP contribution in [0.25, 0.3) is 0 Å². The number of benzene rings is 1. The number of ether oxygens (including phenoxy) is 1. The van der Waals surface area contributed by atoms with Gasteiger partial charge in [0.1, 0.15) is 17.6 Å². The molecule has 1 fully saturated rings. The summed E-state index contributed by atoms with van der Waals surface area (Å²) in [6.07, 6.45) is 2.04. The summed E-state index contributed by atoms with van der Waals surface area (Å²) in [4.78, 5) is 11.8. The Morgan fingerprint density at radius 1 is 1.20 bits per heavy atom. The van der Waals surface area contributed by atoms with Gasteiger partial charge in [0.05, 0.1) is 0 Å². The number of nitrogens with one attached hydrogen (secondary N) is 2. The third-order valence-corrected chi connectivity index (χ3v) is 4.32. The molecular formula is C19H30N2O4. The number of aryl methyl sites for hydroxylation is 1. The van der Waals surface area contributed by atoms with Gasteiger partial charge in [-0.25, -0.2) is 4.79 Å². The maximum atomic E-state index is 11.8. The first-order valence-electron chi connectivity index (χ1n) is 8.87. The first-order valence-corrected chi connectivity index (χ1v) is 8.87. The van der Waals surface area contributed by atoms with Gasteiger partial charge < -0.3 is 20.3 Å². The highest BCUT2D eigenvalue weighted by Gasteiger charge is 2.26. The van der Waals surface area contributed by atoms with Gasteiger partial charge in [-0.05, 0) is 65.0 Å². The van der Waals surface area contributed by atoms with Crippen LogP contribution < -0.4 is 10.6 Å². The molecule has 1 saturated carbocycles. The summed E-state index contributed by atoms with van der Waals surface area (Å²) >= 11 is 0. The van der Waals surface area contributed by atoms with Crippen molar-refractivity contribution >= 4 is 6.09 Å². The van der Waals surface area contributed by atoms with Crippen LogP contribution in [-0.4, -0.2) is 34.0 Å². The normalized spacial score (nSPS) is 22.3. The van der Waals surface area contributed by atoms with Crippen LogP contribution in [0.15, 0.2) is 18.2 Å². The molecule has 0 radical (unpaired) electrons. The molecule has 140 valence electrons. The molecule has 4 N–H and O–H groups in total. The third-order valence-electron chi connectivity index (χ3n) is 4.32. The van der Waals surface area contributed by atoms with Crippen molar-refractivity contribution in [2.24, 2.45) is 0 Å². The fraction of sp³-hybridized carbons (Fsp3) is 0.632. The Hall–Kier alpha value is -1.79. The minimum absolute atomic E-state index is 0.0952. The number of phenolic OH excluding ortho intramolecular Hbond substituents is 1. The number of hydrogen-bond acceptors (Lipinski definition) is 5. The Labute approximate surface area is 149 Å². The SMILES string of the molecule is Cc1ccc(C(O)NC2CCC(NC(=O)OC(C)(C)C)CC2)c(O)c1. The van der Waals surface area contributed by atoms with Crippen molar-refractivity contribution < 1.29 is 19.7 Å². The summed E-state index contributed by atoms with van der Waals surface area (Å²) in [6, 6.07) is 5.48. The molecule has 1 aliphatic rings. The summed E-state index contributed by atoms with van der Waals surface area (Å²) in [5, 5.41) is 26.4. The number of hydrogen-bond donors (Lipinski definition) is 4. The maximum absolute atomic E-state index is 11.8. The second-order valence-electron chi connectivity index (χ2n) is 7.83. The van der Waals surface area contributed by atoms with E-state index < -0.39 is 11.8 Å². The van der Waals surface area contributed by atoms with Gasteiger partial charge in [-0.2, -0.15) is 0 Å². The van der Waals surface area contributed by atoms with Gasteiger partial charge in [-0.15, -0.1) is 0 Å². The quantitative estimate of drug-likeness (QED) is 0.626. The van der Waals surface area contributed by atoms with E-state index >= 15 is 0 Å². The largest absolute Gasteiger partial charge is 0.508 e. The van der Waals surface area contributed by atoms with Crippen LogP contribution in [0.3, 0.4) is 0 Å². The fourth-order valence-electron chi connectivity index (χ4n) is 3.08. The Morgan fingerprint density at radius 2 is 1.80 bits per heavy atom. The standard InChI is InChI=1S/C19H30N2O4/c1-12-5-10-15(16(22)11-12)17(23)20-13-6-8-14(9-7-13)21-18(24)25-19(2,3)4/h5,10-11,13-14,17,20,22-23H,6-9H2,1-4H3,(H,21,24). The summed E-state index contributed by atoms with van der Waals surface area (Å²) in [6.45, 7) is 7.42. The minimum Gasteiger partial charge on any atom is -0.508 e. The van der Waals surface area contributed by atoms with Gasteiger partial charge in [-0.1, -0.05) is 12.1 Å². The molecule has 0 spiro atoms. The Balaban J connectivity index is 1.79. The molecule has 2 rings (SSSR count). The second kappa shape index (κ2) is 8.06. The smallest absolute Gasteiger partial charge is 0.407 e. The van der Waals surface area contributed by atoms with Crippen LogP contribution in [-0.2, 0) is 4.74 Å². The van der Waals surface area contributed by atoms with Crippen LogP contribution in [0.5, 0.6) is 5.75 Å². The predicted octanol–water partition coefficient (Wildman–Crippen LogP) is 3.12. The Kier molecular flexibility index (Phi) is 6.30. The molecule has 0 heterocycles. The van der Waals surface area contributed by atoms with E-state index in [2.05, 4.69) is 10.6 Å². The van der Waals surface area contributed by atoms with Crippen molar-refractivity contribution in [2.75, 3.05) is 0 Å². The number of phenols is 1. The van der Waals surface area contributed by atoms with Crippen molar-refractivity contribution in [3.8, 4) is 5.75 Å². The molecule has 6 nitrogen and oxygen atoms in total. The molecule has 1 aromatic rings. The first kappa shape index (κ1) is 19.5. The summed E-state index contributed by atoms with van der Waals surface area (Å²) in [5.41, 5.74) is 0.935. The molecule has 6 heteroatoms. The number of carbonyl (C=O) groups excluding carboxylic acids is 1. The zero-order valence-electron chi connectivity index (χ0n) is 15.5. The average Bonchev–Trinajstić information content (AvgIpc) is 2.47. The highest BCUT2D eigenvalue weighted by Crippen LogP contribution is 2.26. The van der Waals surface area contributed by atoms with Gasteiger partial charge in [0.25, 0.3) is 0 Å². The summed E-state index contributed by atoms with van der Waals surface area (Å²) in [5.74, 6) is 0.0975. The molecule has 1 amide bonds. The number of alkyl carbamates (subject to hydrolysis) is 1. The van der Waals surface area contributed by atoms with Gasteiger partial charge in [0.2, 0.25) is 0 Å². The molecule has 1 aromatic carbocycles. The molecular weight excluding hydrogens is 320 g/mol. The lowest BCUT2D eigenvalue weighted by molar-refractivity contribution is 0.0481. The molecule has 25 heavy (non-hydrogen) atoms. The zero-order valence-corrected chi connectivity index (χ0v) is 15.5. The number of aromatic hydroxyl groups is 1. The highest BCUT2D eigenvalue weighted by molar-refractivity contribution is 5.68. The van der Waals surface area contributed by atoms with Gasteiger partial charge in [-0.3, -0.25) is 5.32 Å². The van der Waals surface area contributed by atoms with Crippen molar-refractivity contribution in [1.82, 2.24) is 10.6 Å². The van der Waals surface area contributed by atoms with E-state index in [1.807, 2.05) is 33.8 Å². The number of aliphatic hydroxyl groups is 1. The number of aliphatic hydroxyl groups excluding tert-OH is 1. The van der Waals surface area contributed by atoms with E-state index in [9.17, 15) is 15.0 Å². The van der Waals surface area contributed by atoms with Crippen molar-refractivity contribution in [3.63, 3.8) is 0 Å². The van der Waals surface area contributed by atoms with Crippen LogP contribution in [0.2, 0.25) is 0 Å². The van der Waals surface area contributed by atoms with E-state index in [4.69, 9.17) is 4.74 Å². The summed E-state index contributed by atoms with van der Waals surface area (Å²) in [7, 11) is 0. The van der Waals surface area contributed by atoms with Crippen molar-refractivity contribution in [1.29, 1.82) is 0 Å². The monoisotopic (exact) mass is 350 g/mol. The molecule has 0 saturated heterocycles. The molecule has 1 aliphatic carbocycles. The van der Waals surface area contributed by atoms with E-state index in [-0.39, 0.29) is 23.9 Å². The zero-order chi connectivity index (χ0) is 18.6. The van der Waals surface area contributed by atoms with Crippen LogP contribution in [0, 0.1) is 6.92 Å². The maximum Gasteiger partial charge on any atom is 0.407 e. The van der Waals surface area contributed by atoms with Gasteiger partial charge in [0, 0.05) is 17.6 Å². The average molecular weight is 350 g/mol. The molecule has 0 aromatic heterocycles. The molecule has 1 atom stereocenters. The van der Waals surface area contributed by atoms with E-state index in [1.54, 1.807) is 12.1 Å². The minimum atomic E-state index is -0.902. The highest BCUT2D eigenvalue weighted by atomic mass is 16.6. The Bertz CT molecular complexity index is 590. The lowest BCUT2D eigenvalue weighted by Gasteiger charge is -2.32.